The highest BCUT2D eigenvalue weighted by Gasteiger charge is 2.31. The van der Waals surface area contributed by atoms with Gasteiger partial charge in [-0.2, -0.15) is 0 Å². The van der Waals surface area contributed by atoms with E-state index >= 15 is 0 Å². The molecule has 0 amide bonds. The Morgan fingerprint density at radius 3 is 2.63 bits per heavy atom. The number of carbonyl (C=O) groups is 1. The van der Waals surface area contributed by atoms with E-state index in [1.54, 1.807) is 6.07 Å². The van der Waals surface area contributed by atoms with Crippen LogP contribution in [-0.2, 0) is 13.0 Å². The molecule has 0 atom stereocenters. The van der Waals surface area contributed by atoms with Gasteiger partial charge in [0.05, 0.1) is 5.56 Å². The average Bonchev–Trinajstić information content (AvgIpc) is 2.65. The third-order valence-corrected chi connectivity index (χ3v) is 5.02. The van der Waals surface area contributed by atoms with Crippen LogP contribution < -0.4 is 9.47 Å². The van der Waals surface area contributed by atoms with Crippen LogP contribution in [0.15, 0.2) is 54.6 Å². The standard InChI is InChI=1S/C23H22O4/c1-23(2)12-11-17-19(22(24)25)13-18-16(21(17)27-23)9-6-10-20(18)26-14-15-7-4-3-5-8-15/h3-10,13H,11-12,14H2,1-2H3,(H,24,25). The first-order valence-electron chi connectivity index (χ1n) is 9.12. The van der Waals surface area contributed by atoms with Crippen molar-refractivity contribution in [3.63, 3.8) is 0 Å². The van der Waals surface area contributed by atoms with Gasteiger partial charge in [0.15, 0.2) is 0 Å². The molecule has 138 valence electrons. The van der Waals surface area contributed by atoms with E-state index in [2.05, 4.69) is 0 Å². The Labute approximate surface area is 158 Å². The van der Waals surface area contributed by atoms with Crippen LogP contribution in [0.5, 0.6) is 11.5 Å². The smallest absolute Gasteiger partial charge is 0.336 e. The van der Waals surface area contributed by atoms with Crippen LogP contribution in [0.1, 0.15) is 41.8 Å². The van der Waals surface area contributed by atoms with E-state index < -0.39 is 5.97 Å². The van der Waals surface area contributed by atoms with Crippen molar-refractivity contribution in [2.24, 2.45) is 0 Å². The van der Waals surface area contributed by atoms with Crippen molar-refractivity contribution in [3.8, 4) is 11.5 Å². The number of carboxylic acid groups (broad SMARTS) is 1. The van der Waals surface area contributed by atoms with Crippen molar-refractivity contribution < 1.29 is 19.4 Å². The number of carboxylic acids is 1. The molecule has 4 heteroatoms. The molecule has 0 radical (unpaired) electrons. The molecule has 0 fully saturated rings. The van der Waals surface area contributed by atoms with Gasteiger partial charge in [-0.1, -0.05) is 42.5 Å². The van der Waals surface area contributed by atoms with E-state index in [1.807, 2.05) is 62.4 Å². The summed E-state index contributed by atoms with van der Waals surface area (Å²) in [6, 6.07) is 17.4. The zero-order chi connectivity index (χ0) is 19.0. The molecule has 4 nitrogen and oxygen atoms in total. The summed E-state index contributed by atoms with van der Waals surface area (Å²) in [5, 5.41) is 11.4. The zero-order valence-corrected chi connectivity index (χ0v) is 15.5. The summed E-state index contributed by atoms with van der Waals surface area (Å²) < 4.78 is 12.3. The van der Waals surface area contributed by atoms with Crippen molar-refractivity contribution in [2.75, 3.05) is 0 Å². The summed E-state index contributed by atoms with van der Waals surface area (Å²) in [4.78, 5) is 11.9. The van der Waals surface area contributed by atoms with E-state index in [9.17, 15) is 9.90 Å². The number of rotatable bonds is 4. The molecule has 3 aromatic carbocycles. The monoisotopic (exact) mass is 362 g/mol. The summed E-state index contributed by atoms with van der Waals surface area (Å²) in [5.41, 5.74) is 1.81. The van der Waals surface area contributed by atoms with Crippen LogP contribution in [0.4, 0.5) is 0 Å². The van der Waals surface area contributed by atoms with Gasteiger partial charge in [-0.25, -0.2) is 4.79 Å². The number of fused-ring (bicyclic) bond motifs is 3. The molecule has 1 N–H and O–H groups in total. The van der Waals surface area contributed by atoms with Gasteiger partial charge < -0.3 is 14.6 Å². The van der Waals surface area contributed by atoms with E-state index in [0.29, 0.717) is 30.1 Å². The molecule has 1 aliphatic heterocycles. The van der Waals surface area contributed by atoms with Gasteiger partial charge in [0.2, 0.25) is 0 Å². The maximum atomic E-state index is 11.9. The van der Waals surface area contributed by atoms with Gasteiger partial charge in [0.1, 0.15) is 23.7 Å². The minimum absolute atomic E-state index is 0.295. The molecular weight excluding hydrogens is 340 g/mol. The highest BCUT2D eigenvalue weighted by Crippen LogP contribution is 2.43. The van der Waals surface area contributed by atoms with Crippen LogP contribution in [0.3, 0.4) is 0 Å². The number of hydrogen-bond acceptors (Lipinski definition) is 3. The lowest BCUT2D eigenvalue weighted by molar-refractivity contribution is 0.0677. The minimum atomic E-state index is -0.936. The van der Waals surface area contributed by atoms with E-state index in [-0.39, 0.29) is 5.60 Å². The Morgan fingerprint density at radius 2 is 1.89 bits per heavy atom. The van der Waals surface area contributed by atoms with Crippen molar-refractivity contribution in [2.45, 2.75) is 38.9 Å². The van der Waals surface area contributed by atoms with Gasteiger partial charge in [-0.3, -0.25) is 0 Å². The Bertz CT molecular complexity index is 1010. The molecule has 0 bridgehead atoms. The van der Waals surface area contributed by atoms with Crippen molar-refractivity contribution >= 4 is 16.7 Å². The van der Waals surface area contributed by atoms with Crippen molar-refractivity contribution in [3.05, 3.63) is 71.3 Å². The fourth-order valence-corrected chi connectivity index (χ4v) is 3.58. The predicted molar refractivity (Wildman–Crippen MR) is 105 cm³/mol. The van der Waals surface area contributed by atoms with Gasteiger partial charge in [0.25, 0.3) is 0 Å². The van der Waals surface area contributed by atoms with Crippen molar-refractivity contribution in [1.82, 2.24) is 0 Å². The van der Waals surface area contributed by atoms with Crippen molar-refractivity contribution in [1.29, 1.82) is 0 Å². The average molecular weight is 362 g/mol. The topological polar surface area (TPSA) is 55.8 Å². The summed E-state index contributed by atoms with van der Waals surface area (Å²) in [6.45, 7) is 4.49. The van der Waals surface area contributed by atoms with Crippen LogP contribution >= 0.6 is 0 Å². The van der Waals surface area contributed by atoms with Crippen LogP contribution in [0, 0.1) is 0 Å². The Hall–Kier alpha value is -3.01. The molecule has 0 saturated heterocycles. The summed E-state index contributed by atoms with van der Waals surface area (Å²) >= 11 is 0. The molecule has 0 saturated carbocycles. The van der Waals surface area contributed by atoms with Crippen LogP contribution in [-0.4, -0.2) is 16.7 Å². The second-order valence-electron chi connectivity index (χ2n) is 7.52. The van der Waals surface area contributed by atoms with E-state index in [1.165, 1.54) is 0 Å². The molecule has 0 aromatic heterocycles. The molecular formula is C23H22O4. The molecule has 3 aromatic rings. The normalized spacial score (nSPS) is 15.0. The minimum Gasteiger partial charge on any atom is -0.488 e. The van der Waals surface area contributed by atoms with Crippen LogP contribution in [0.25, 0.3) is 10.8 Å². The lowest BCUT2D eigenvalue weighted by atomic mass is 9.89. The SMILES string of the molecule is CC1(C)CCc2c(C(=O)O)cc3c(OCc4ccccc4)cccc3c2O1. The maximum absolute atomic E-state index is 11.9. The number of aromatic carboxylic acids is 1. The fraction of sp³-hybridized carbons (Fsp3) is 0.261. The quantitative estimate of drug-likeness (QED) is 0.691. The van der Waals surface area contributed by atoms with Gasteiger partial charge in [0, 0.05) is 16.3 Å². The van der Waals surface area contributed by atoms with Crippen LogP contribution in [0.2, 0.25) is 0 Å². The van der Waals surface area contributed by atoms with Gasteiger partial charge in [-0.05, 0) is 44.4 Å². The Kier molecular flexibility index (Phi) is 4.27. The zero-order valence-electron chi connectivity index (χ0n) is 15.5. The lowest BCUT2D eigenvalue weighted by Crippen LogP contribution is -2.33. The molecule has 27 heavy (non-hydrogen) atoms. The molecule has 0 aliphatic carbocycles. The van der Waals surface area contributed by atoms with E-state index in [4.69, 9.17) is 9.47 Å². The molecule has 1 heterocycles. The first-order chi connectivity index (χ1) is 12.9. The summed E-state index contributed by atoms with van der Waals surface area (Å²) in [6.07, 6.45) is 1.48. The number of benzene rings is 3. The van der Waals surface area contributed by atoms with Gasteiger partial charge >= 0.3 is 5.97 Å². The number of ether oxygens (including phenoxy) is 2. The summed E-state index contributed by atoms with van der Waals surface area (Å²) in [5.74, 6) is 0.397. The second kappa shape index (κ2) is 6.62. The molecule has 4 rings (SSSR count). The number of hydrogen-bond donors (Lipinski definition) is 1. The van der Waals surface area contributed by atoms with E-state index in [0.717, 1.165) is 28.3 Å². The second-order valence-corrected chi connectivity index (χ2v) is 7.52. The largest absolute Gasteiger partial charge is 0.488 e. The highest BCUT2D eigenvalue weighted by atomic mass is 16.5. The fourth-order valence-electron chi connectivity index (χ4n) is 3.58. The first kappa shape index (κ1) is 17.4. The predicted octanol–water partition coefficient (Wildman–Crippen LogP) is 5.22. The van der Waals surface area contributed by atoms with Gasteiger partial charge in [-0.15, -0.1) is 0 Å². The Morgan fingerprint density at radius 1 is 1.11 bits per heavy atom. The summed E-state index contributed by atoms with van der Waals surface area (Å²) in [7, 11) is 0. The third kappa shape index (κ3) is 3.35. The molecule has 0 spiro atoms. The maximum Gasteiger partial charge on any atom is 0.336 e. The molecule has 0 unspecified atom stereocenters. The third-order valence-electron chi connectivity index (χ3n) is 5.02. The molecule has 1 aliphatic rings. The first-order valence-corrected chi connectivity index (χ1v) is 9.12. The lowest BCUT2D eigenvalue weighted by Gasteiger charge is -2.34. The highest BCUT2D eigenvalue weighted by molar-refractivity contribution is 6.02. The Balaban J connectivity index is 1.82.